The number of hydrogen-bond acceptors (Lipinski definition) is 7. The van der Waals surface area contributed by atoms with E-state index >= 15 is 0 Å². The second-order valence-corrected chi connectivity index (χ2v) is 8.76. The number of ether oxygens (including phenoxy) is 4. The molecule has 1 heterocycles. The summed E-state index contributed by atoms with van der Waals surface area (Å²) in [5.74, 6) is -1.49. The first-order chi connectivity index (χ1) is 18.1. The summed E-state index contributed by atoms with van der Waals surface area (Å²) in [5.41, 5.74) is -3.14. The minimum atomic E-state index is -5.05. The van der Waals surface area contributed by atoms with Crippen molar-refractivity contribution in [3.8, 4) is 28.4 Å². The number of hydrogen-bond donors (Lipinski definition) is 0. The molecule has 1 atom stereocenters. The van der Waals surface area contributed by atoms with Crippen molar-refractivity contribution in [2.75, 3.05) is 20.3 Å². The minimum absolute atomic E-state index is 0.0346. The first-order valence-corrected chi connectivity index (χ1v) is 11.1. The van der Waals surface area contributed by atoms with Crippen molar-refractivity contribution in [3.05, 3.63) is 65.5 Å². The van der Waals surface area contributed by atoms with E-state index in [2.05, 4.69) is 11.3 Å². The van der Waals surface area contributed by atoms with Gasteiger partial charge in [-0.05, 0) is 30.3 Å². The molecule has 0 spiro atoms. The van der Waals surface area contributed by atoms with Crippen molar-refractivity contribution in [1.29, 1.82) is 0 Å². The van der Waals surface area contributed by atoms with Gasteiger partial charge < -0.3 is 23.4 Å². The maximum Gasteiger partial charge on any atom is 0.573 e. The summed E-state index contributed by atoms with van der Waals surface area (Å²) in [4.78, 5) is 24.1. The fourth-order valence-corrected chi connectivity index (χ4v) is 3.62. The lowest BCUT2D eigenvalue weighted by atomic mass is 9.88. The predicted octanol–water partition coefficient (Wildman–Crippen LogP) is 6.43. The molecule has 0 fully saturated rings. The van der Waals surface area contributed by atoms with Crippen LogP contribution in [0.15, 0.2) is 64.3 Å². The zero-order chi connectivity index (χ0) is 29.0. The molecule has 3 rings (SSSR count). The Balaban J connectivity index is 1.91. The minimum Gasteiger partial charge on any atom is -0.497 e. The van der Waals surface area contributed by atoms with Crippen LogP contribution < -0.4 is 19.8 Å². The molecule has 39 heavy (non-hydrogen) atoms. The number of carbonyl (C=O) groups is 1. The topological polar surface area (TPSA) is 84.2 Å². The van der Waals surface area contributed by atoms with Gasteiger partial charge in [-0.3, -0.25) is 0 Å². The number of rotatable bonds is 10. The Hall–Kier alpha value is -4.16. The molecule has 0 aliphatic rings. The van der Waals surface area contributed by atoms with E-state index in [1.54, 1.807) is 0 Å². The molecule has 2 aromatic carbocycles. The van der Waals surface area contributed by atoms with Crippen LogP contribution in [-0.4, -0.2) is 38.8 Å². The molecule has 0 aliphatic heterocycles. The molecule has 0 saturated heterocycles. The van der Waals surface area contributed by atoms with Crippen LogP contribution in [0.1, 0.15) is 13.3 Å². The van der Waals surface area contributed by atoms with Crippen LogP contribution in [0.4, 0.5) is 26.3 Å². The summed E-state index contributed by atoms with van der Waals surface area (Å²) in [5, 5.41) is 0.281. The number of esters is 1. The standard InChI is InChI=1S/C26H22F6O7/c1-4-22(33)37-14-24(2,12-25(27,28)29)13-36-17-6-5-15-9-19(23(34)38-20(15)11-17)18-8-7-16(35-3)10-21(18)39-26(30,31)32/h4-11H,1,12-14H2,2-3H3. The summed E-state index contributed by atoms with van der Waals surface area (Å²) in [6, 6.07) is 8.80. The summed E-state index contributed by atoms with van der Waals surface area (Å²) in [6.07, 6.45) is -10.1. The first-order valence-electron chi connectivity index (χ1n) is 11.1. The van der Waals surface area contributed by atoms with Gasteiger partial charge in [0.25, 0.3) is 0 Å². The lowest BCUT2D eigenvalue weighted by Gasteiger charge is -2.29. The van der Waals surface area contributed by atoms with Crippen molar-refractivity contribution < 1.29 is 54.5 Å². The molecular weight excluding hydrogens is 538 g/mol. The summed E-state index contributed by atoms with van der Waals surface area (Å²) in [6.45, 7) is 3.29. The lowest BCUT2D eigenvalue weighted by molar-refractivity contribution is -0.274. The summed E-state index contributed by atoms with van der Waals surface area (Å²) < 4.78 is 103. The van der Waals surface area contributed by atoms with Crippen molar-refractivity contribution >= 4 is 16.9 Å². The van der Waals surface area contributed by atoms with Gasteiger partial charge in [0.2, 0.25) is 0 Å². The van der Waals surface area contributed by atoms with Crippen LogP contribution >= 0.6 is 0 Å². The van der Waals surface area contributed by atoms with Gasteiger partial charge >= 0.3 is 24.1 Å². The average molecular weight is 560 g/mol. The molecular formula is C26H22F6O7. The van der Waals surface area contributed by atoms with E-state index in [-0.39, 0.29) is 33.6 Å². The maximum atomic E-state index is 13.1. The van der Waals surface area contributed by atoms with Gasteiger partial charge in [0.05, 0.1) is 25.7 Å². The number of benzene rings is 2. The Kier molecular flexibility index (Phi) is 8.51. The van der Waals surface area contributed by atoms with Crippen LogP contribution in [-0.2, 0) is 9.53 Å². The van der Waals surface area contributed by atoms with Crippen LogP contribution in [0.5, 0.6) is 17.2 Å². The highest BCUT2D eigenvalue weighted by molar-refractivity contribution is 5.84. The normalized spacial score (nSPS) is 13.4. The second-order valence-electron chi connectivity index (χ2n) is 8.76. The van der Waals surface area contributed by atoms with Crippen LogP contribution in [0.2, 0.25) is 0 Å². The lowest BCUT2D eigenvalue weighted by Crippen LogP contribution is -2.36. The van der Waals surface area contributed by atoms with Gasteiger partial charge in [0.1, 0.15) is 29.4 Å². The predicted molar refractivity (Wildman–Crippen MR) is 127 cm³/mol. The number of alkyl halides is 6. The Morgan fingerprint density at radius 2 is 1.67 bits per heavy atom. The third kappa shape index (κ3) is 8.16. The van der Waals surface area contributed by atoms with E-state index in [1.165, 1.54) is 50.4 Å². The molecule has 0 saturated carbocycles. The van der Waals surface area contributed by atoms with E-state index in [4.69, 9.17) is 18.6 Å². The molecule has 7 nitrogen and oxygen atoms in total. The first kappa shape index (κ1) is 29.4. The van der Waals surface area contributed by atoms with Gasteiger partial charge in [0.15, 0.2) is 0 Å². The largest absolute Gasteiger partial charge is 0.573 e. The highest BCUT2D eigenvalue weighted by Gasteiger charge is 2.41. The molecule has 0 N–H and O–H groups in total. The number of fused-ring (bicyclic) bond motifs is 1. The highest BCUT2D eigenvalue weighted by atomic mass is 19.4. The molecule has 13 heteroatoms. The van der Waals surface area contributed by atoms with Crippen LogP contribution in [0, 0.1) is 5.41 Å². The molecule has 1 unspecified atom stereocenters. The van der Waals surface area contributed by atoms with E-state index in [9.17, 15) is 35.9 Å². The van der Waals surface area contributed by atoms with Gasteiger partial charge in [-0.2, -0.15) is 13.2 Å². The molecule has 0 aliphatic carbocycles. The van der Waals surface area contributed by atoms with E-state index in [0.717, 1.165) is 12.1 Å². The molecule has 0 amide bonds. The fraction of sp³-hybridized carbons (Fsp3) is 0.308. The average Bonchev–Trinajstić information content (AvgIpc) is 2.83. The Bertz CT molecular complexity index is 1410. The Morgan fingerprint density at radius 1 is 0.974 bits per heavy atom. The van der Waals surface area contributed by atoms with Gasteiger partial charge in [-0.25, -0.2) is 9.59 Å². The maximum absolute atomic E-state index is 13.1. The molecule has 1 aromatic heterocycles. The zero-order valence-corrected chi connectivity index (χ0v) is 20.6. The van der Waals surface area contributed by atoms with Crippen molar-refractivity contribution in [2.45, 2.75) is 25.9 Å². The van der Waals surface area contributed by atoms with E-state index in [0.29, 0.717) is 0 Å². The number of halogens is 6. The van der Waals surface area contributed by atoms with E-state index < -0.39 is 54.9 Å². The summed E-state index contributed by atoms with van der Waals surface area (Å²) >= 11 is 0. The van der Waals surface area contributed by atoms with Crippen LogP contribution in [0.3, 0.4) is 0 Å². The van der Waals surface area contributed by atoms with Gasteiger partial charge in [0, 0.05) is 34.6 Å². The van der Waals surface area contributed by atoms with E-state index in [1.807, 2.05) is 0 Å². The molecule has 3 aromatic rings. The third-order valence-electron chi connectivity index (χ3n) is 5.36. The quantitative estimate of drug-likeness (QED) is 0.122. The summed E-state index contributed by atoms with van der Waals surface area (Å²) in [7, 11) is 1.25. The SMILES string of the molecule is C=CC(=O)OCC(C)(COc1ccc2cc(-c3ccc(OC)cc3OC(F)(F)F)c(=O)oc2c1)CC(F)(F)F. The van der Waals surface area contributed by atoms with Crippen molar-refractivity contribution in [1.82, 2.24) is 0 Å². The monoisotopic (exact) mass is 560 g/mol. The molecule has 0 radical (unpaired) electrons. The molecule has 210 valence electrons. The van der Waals surface area contributed by atoms with Crippen molar-refractivity contribution in [2.24, 2.45) is 5.41 Å². The smallest absolute Gasteiger partial charge is 0.497 e. The van der Waals surface area contributed by atoms with Crippen molar-refractivity contribution in [3.63, 3.8) is 0 Å². The van der Waals surface area contributed by atoms with Gasteiger partial charge in [-0.15, -0.1) is 13.2 Å². The van der Waals surface area contributed by atoms with Crippen LogP contribution in [0.25, 0.3) is 22.1 Å². The Labute approximate surface area is 217 Å². The third-order valence-corrected chi connectivity index (χ3v) is 5.36. The fourth-order valence-electron chi connectivity index (χ4n) is 3.62. The molecule has 0 bridgehead atoms. The number of carbonyl (C=O) groups excluding carboxylic acids is 1. The zero-order valence-electron chi connectivity index (χ0n) is 20.6. The Morgan fingerprint density at radius 3 is 2.28 bits per heavy atom. The van der Waals surface area contributed by atoms with Gasteiger partial charge in [-0.1, -0.05) is 13.5 Å². The number of methoxy groups -OCH3 is 1. The highest BCUT2D eigenvalue weighted by Crippen LogP contribution is 2.37. The second kappa shape index (κ2) is 11.3.